The smallest absolute Gasteiger partial charge is 0.268 e. The van der Waals surface area contributed by atoms with Crippen molar-refractivity contribution < 1.29 is 9.13 Å². The van der Waals surface area contributed by atoms with Crippen molar-refractivity contribution in [2.45, 2.75) is 10.9 Å². The summed E-state index contributed by atoms with van der Waals surface area (Å²) in [7, 11) is 1.57. The van der Waals surface area contributed by atoms with E-state index in [1.165, 1.54) is 28.5 Å². The zero-order chi connectivity index (χ0) is 19.5. The van der Waals surface area contributed by atoms with Gasteiger partial charge in [-0.25, -0.2) is 14.4 Å². The molecule has 0 aliphatic rings. The van der Waals surface area contributed by atoms with Crippen LogP contribution in [-0.2, 0) is 5.75 Å². The summed E-state index contributed by atoms with van der Waals surface area (Å²) in [5, 5.41) is 0.911. The van der Waals surface area contributed by atoms with Crippen molar-refractivity contribution in [1.29, 1.82) is 0 Å². The van der Waals surface area contributed by atoms with Gasteiger partial charge >= 0.3 is 0 Å². The van der Waals surface area contributed by atoms with Crippen molar-refractivity contribution in [2.24, 2.45) is 0 Å². The summed E-state index contributed by atoms with van der Waals surface area (Å²) < 4.78 is 20.3. The average Bonchev–Trinajstić information content (AvgIpc) is 2.72. The lowest BCUT2D eigenvalue weighted by Gasteiger charge is -2.13. The molecule has 4 aromatic rings. The fourth-order valence-corrected chi connectivity index (χ4v) is 3.79. The Bertz CT molecular complexity index is 1210. The van der Waals surface area contributed by atoms with E-state index in [9.17, 15) is 9.18 Å². The molecular formula is C21H16FN3O2S. The minimum absolute atomic E-state index is 0.215. The highest BCUT2D eigenvalue weighted by atomic mass is 32.2. The number of pyridine rings is 1. The lowest BCUT2D eigenvalue weighted by atomic mass is 10.2. The van der Waals surface area contributed by atoms with E-state index in [1.807, 2.05) is 24.3 Å². The predicted molar refractivity (Wildman–Crippen MR) is 108 cm³/mol. The summed E-state index contributed by atoms with van der Waals surface area (Å²) in [6.45, 7) is 0. The summed E-state index contributed by atoms with van der Waals surface area (Å²) >= 11 is 1.35. The standard InChI is InChI=1S/C21H16FN3O2S/c1-27-17-8-3-7-16(12-17)25-20(26)18-9-4-10-23-19(18)24-21(25)28-13-14-5-2-6-15(22)11-14/h2-12H,13H2,1H3. The largest absolute Gasteiger partial charge is 0.497 e. The van der Waals surface area contributed by atoms with Crippen LogP contribution >= 0.6 is 11.8 Å². The van der Waals surface area contributed by atoms with Crippen molar-refractivity contribution >= 4 is 22.8 Å². The van der Waals surface area contributed by atoms with Gasteiger partial charge in [0.2, 0.25) is 0 Å². The Hall–Kier alpha value is -3.19. The summed E-state index contributed by atoms with van der Waals surface area (Å²) in [6, 6.07) is 17.0. The Kier molecular flexibility index (Phi) is 5.08. The van der Waals surface area contributed by atoms with Gasteiger partial charge in [-0.05, 0) is 42.0 Å². The van der Waals surface area contributed by atoms with E-state index in [0.717, 1.165) is 5.56 Å². The van der Waals surface area contributed by atoms with Crippen LogP contribution in [0.4, 0.5) is 4.39 Å². The second kappa shape index (κ2) is 7.82. The molecule has 2 aromatic carbocycles. The zero-order valence-electron chi connectivity index (χ0n) is 15.0. The Morgan fingerprint density at radius 2 is 1.96 bits per heavy atom. The fraction of sp³-hybridized carbons (Fsp3) is 0.0952. The van der Waals surface area contributed by atoms with Crippen LogP contribution in [0, 0.1) is 5.82 Å². The minimum atomic E-state index is -0.295. The number of rotatable bonds is 5. The van der Waals surface area contributed by atoms with Crippen LogP contribution in [0.2, 0.25) is 0 Å². The molecule has 140 valence electrons. The summed E-state index contributed by atoms with van der Waals surface area (Å²) in [6.07, 6.45) is 1.60. The molecule has 4 rings (SSSR count). The van der Waals surface area contributed by atoms with Crippen LogP contribution in [0.15, 0.2) is 76.8 Å². The summed E-state index contributed by atoms with van der Waals surface area (Å²) in [5.41, 5.74) is 1.61. The highest BCUT2D eigenvalue weighted by molar-refractivity contribution is 7.98. The molecule has 0 spiro atoms. The van der Waals surface area contributed by atoms with E-state index >= 15 is 0 Å². The molecule has 0 fully saturated rings. The Labute approximate surface area is 164 Å². The molecule has 0 amide bonds. The van der Waals surface area contributed by atoms with Crippen LogP contribution in [0.5, 0.6) is 5.75 Å². The molecule has 2 aromatic heterocycles. The molecule has 5 nitrogen and oxygen atoms in total. The van der Waals surface area contributed by atoms with Crippen LogP contribution in [-0.4, -0.2) is 21.6 Å². The van der Waals surface area contributed by atoms with Crippen LogP contribution in [0.3, 0.4) is 0 Å². The van der Waals surface area contributed by atoms with E-state index < -0.39 is 0 Å². The maximum absolute atomic E-state index is 13.5. The van der Waals surface area contributed by atoms with Crippen LogP contribution in [0.25, 0.3) is 16.7 Å². The number of hydrogen-bond acceptors (Lipinski definition) is 5. The molecule has 0 saturated carbocycles. The third-order valence-corrected chi connectivity index (χ3v) is 5.19. The average molecular weight is 393 g/mol. The number of hydrogen-bond donors (Lipinski definition) is 0. The third-order valence-electron chi connectivity index (χ3n) is 4.18. The molecule has 7 heteroatoms. The third kappa shape index (κ3) is 3.61. The van der Waals surface area contributed by atoms with E-state index in [-0.39, 0.29) is 11.4 Å². The first-order valence-corrected chi connectivity index (χ1v) is 9.54. The van der Waals surface area contributed by atoms with E-state index in [2.05, 4.69) is 9.97 Å². The highest BCUT2D eigenvalue weighted by Gasteiger charge is 2.14. The second-order valence-corrected chi connectivity index (χ2v) is 6.97. The van der Waals surface area contributed by atoms with Crippen molar-refractivity contribution in [3.8, 4) is 11.4 Å². The normalized spacial score (nSPS) is 10.9. The number of nitrogens with zero attached hydrogens (tertiary/aromatic N) is 3. The maximum atomic E-state index is 13.5. The molecule has 0 bridgehead atoms. The number of halogens is 1. The van der Waals surface area contributed by atoms with E-state index in [1.54, 1.807) is 37.6 Å². The Balaban J connectivity index is 1.84. The summed E-state index contributed by atoms with van der Waals surface area (Å²) in [5.74, 6) is 0.806. The van der Waals surface area contributed by atoms with E-state index in [0.29, 0.717) is 33.4 Å². The molecule has 0 atom stereocenters. The van der Waals surface area contributed by atoms with Gasteiger partial charge in [0, 0.05) is 18.0 Å². The molecular weight excluding hydrogens is 377 g/mol. The molecule has 0 N–H and O–H groups in total. The minimum Gasteiger partial charge on any atom is -0.497 e. The van der Waals surface area contributed by atoms with Crippen molar-refractivity contribution in [1.82, 2.24) is 14.5 Å². The lowest BCUT2D eigenvalue weighted by molar-refractivity contribution is 0.414. The predicted octanol–water partition coefficient (Wildman–Crippen LogP) is 4.22. The van der Waals surface area contributed by atoms with Gasteiger partial charge in [-0.3, -0.25) is 9.36 Å². The number of thioether (sulfide) groups is 1. The lowest BCUT2D eigenvalue weighted by Crippen LogP contribution is -2.22. The maximum Gasteiger partial charge on any atom is 0.268 e. The monoisotopic (exact) mass is 393 g/mol. The first-order chi connectivity index (χ1) is 13.7. The SMILES string of the molecule is COc1cccc(-n2c(SCc3cccc(F)c3)nc3ncccc3c2=O)c1. The van der Waals surface area contributed by atoms with Crippen molar-refractivity contribution in [3.05, 3.63) is 88.6 Å². The fourth-order valence-electron chi connectivity index (χ4n) is 2.85. The van der Waals surface area contributed by atoms with Gasteiger partial charge in [0.15, 0.2) is 10.8 Å². The highest BCUT2D eigenvalue weighted by Crippen LogP contribution is 2.25. The topological polar surface area (TPSA) is 57.0 Å². The number of fused-ring (bicyclic) bond motifs is 1. The first-order valence-electron chi connectivity index (χ1n) is 8.55. The molecule has 0 saturated heterocycles. The number of ether oxygens (including phenoxy) is 1. The van der Waals surface area contributed by atoms with Gasteiger partial charge in [0.25, 0.3) is 5.56 Å². The van der Waals surface area contributed by atoms with Gasteiger partial charge < -0.3 is 4.74 Å². The Morgan fingerprint density at radius 3 is 2.79 bits per heavy atom. The van der Waals surface area contributed by atoms with Gasteiger partial charge in [0.1, 0.15) is 11.6 Å². The molecule has 0 aliphatic heterocycles. The molecule has 0 unspecified atom stereocenters. The number of methoxy groups -OCH3 is 1. The van der Waals surface area contributed by atoms with Crippen LogP contribution < -0.4 is 10.3 Å². The van der Waals surface area contributed by atoms with Gasteiger partial charge in [0.05, 0.1) is 18.2 Å². The first kappa shape index (κ1) is 18.2. The van der Waals surface area contributed by atoms with Gasteiger partial charge in [-0.1, -0.05) is 30.0 Å². The van der Waals surface area contributed by atoms with Crippen LogP contribution in [0.1, 0.15) is 5.56 Å². The molecule has 2 heterocycles. The van der Waals surface area contributed by atoms with Crippen molar-refractivity contribution in [3.63, 3.8) is 0 Å². The summed E-state index contributed by atoms with van der Waals surface area (Å²) in [4.78, 5) is 22.0. The van der Waals surface area contributed by atoms with Crippen molar-refractivity contribution in [2.75, 3.05) is 7.11 Å². The quantitative estimate of drug-likeness (QED) is 0.375. The Morgan fingerprint density at radius 1 is 1.11 bits per heavy atom. The molecule has 0 radical (unpaired) electrons. The molecule has 28 heavy (non-hydrogen) atoms. The number of aromatic nitrogens is 3. The second-order valence-electron chi connectivity index (χ2n) is 6.03. The van der Waals surface area contributed by atoms with Gasteiger partial charge in [-0.15, -0.1) is 0 Å². The van der Waals surface area contributed by atoms with E-state index in [4.69, 9.17) is 4.74 Å². The van der Waals surface area contributed by atoms with Gasteiger partial charge in [-0.2, -0.15) is 0 Å². The zero-order valence-corrected chi connectivity index (χ0v) is 15.8. The molecule has 0 aliphatic carbocycles. The number of benzene rings is 2.